The van der Waals surface area contributed by atoms with E-state index in [4.69, 9.17) is 4.98 Å². The molecule has 1 amide bonds. The number of amides is 1. The van der Waals surface area contributed by atoms with Crippen molar-refractivity contribution in [2.75, 3.05) is 6.54 Å². The van der Waals surface area contributed by atoms with Crippen molar-refractivity contribution in [3.05, 3.63) is 70.8 Å². The van der Waals surface area contributed by atoms with Crippen LogP contribution in [0.1, 0.15) is 59.3 Å². The highest BCUT2D eigenvalue weighted by Crippen LogP contribution is 2.28. The lowest BCUT2D eigenvalue weighted by Crippen LogP contribution is -2.40. The Balaban J connectivity index is 2.26. The normalized spacial score (nSPS) is 12.5. The molecule has 0 aliphatic rings. The first-order valence-electron chi connectivity index (χ1n) is 11.2. The molecule has 3 rings (SSSR count). The van der Waals surface area contributed by atoms with Crippen molar-refractivity contribution in [3.8, 4) is 5.69 Å². The molecule has 0 spiro atoms. The van der Waals surface area contributed by atoms with E-state index in [0.717, 1.165) is 5.69 Å². The Morgan fingerprint density at radius 1 is 0.968 bits per heavy atom. The first-order chi connectivity index (χ1) is 14.8. The van der Waals surface area contributed by atoms with Crippen molar-refractivity contribution in [2.24, 2.45) is 11.8 Å². The first kappa shape index (κ1) is 22.7. The van der Waals surface area contributed by atoms with E-state index in [-0.39, 0.29) is 23.4 Å². The largest absolute Gasteiger partial charge is 0.332 e. The molecule has 2 aromatic carbocycles. The molecule has 0 radical (unpaired) electrons. The third-order valence-corrected chi connectivity index (χ3v) is 5.34. The smallest absolute Gasteiger partial charge is 0.266 e. The fraction of sp³-hybridized carbons (Fsp3) is 0.423. The molecule has 1 heterocycles. The van der Waals surface area contributed by atoms with Gasteiger partial charge in [-0.2, -0.15) is 0 Å². The fourth-order valence-electron chi connectivity index (χ4n) is 4.01. The van der Waals surface area contributed by atoms with Gasteiger partial charge in [0, 0.05) is 13.0 Å². The number of fused-ring (bicyclic) bond motifs is 1. The third kappa shape index (κ3) is 5.04. The molecule has 1 unspecified atom stereocenters. The maximum Gasteiger partial charge on any atom is 0.266 e. The summed E-state index contributed by atoms with van der Waals surface area (Å²) in [5, 5.41) is 0.578. The molecule has 0 saturated carbocycles. The Hall–Kier alpha value is -2.95. The molecular weight excluding hydrogens is 386 g/mol. The van der Waals surface area contributed by atoms with E-state index in [2.05, 4.69) is 34.6 Å². The highest BCUT2D eigenvalue weighted by atomic mass is 16.2. The fourth-order valence-corrected chi connectivity index (χ4v) is 4.01. The summed E-state index contributed by atoms with van der Waals surface area (Å²) >= 11 is 0. The molecule has 3 aromatic rings. The van der Waals surface area contributed by atoms with E-state index in [1.165, 1.54) is 0 Å². The zero-order valence-electron chi connectivity index (χ0n) is 19.2. The average Bonchev–Trinajstić information content (AvgIpc) is 2.73. The maximum absolute atomic E-state index is 13.6. The van der Waals surface area contributed by atoms with Crippen molar-refractivity contribution in [1.82, 2.24) is 14.5 Å². The number of rotatable bonds is 8. The molecule has 1 atom stereocenters. The SMILES string of the molecule is CCC(c1nc2ccccc2c(=O)n1-c1ccccc1)N(CC(C)C)C(=O)CC(C)C. The molecule has 0 aliphatic heterocycles. The number of hydrogen-bond acceptors (Lipinski definition) is 3. The van der Waals surface area contributed by atoms with Crippen molar-refractivity contribution in [3.63, 3.8) is 0 Å². The quantitative estimate of drug-likeness (QED) is 0.493. The van der Waals surface area contributed by atoms with Gasteiger partial charge in [-0.05, 0) is 42.5 Å². The van der Waals surface area contributed by atoms with Gasteiger partial charge in [0.1, 0.15) is 5.82 Å². The van der Waals surface area contributed by atoms with Crippen LogP contribution in [-0.4, -0.2) is 26.9 Å². The average molecular weight is 420 g/mol. The summed E-state index contributed by atoms with van der Waals surface area (Å²) in [7, 11) is 0. The molecule has 0 aliphatic carbocycles. The third-order valence-electron chi connectivity index (χ3n) is 5.34. The van der Waals surface area contributed by atoms with Crippen LogP contribution in [0.2, 0.25) is 0 Å². The van der Waals surface area contributed by atoms with Crippen LogP contribution in [0.25, 0.3) is 16.6 Å². The van der Waals surface area contributed by atoms with E-state index >= 15 is 0 Å². The minimum atomic E-state index is -0.286. The van der Waals surface area contributed by atoms with Crippen LogP contribution in [0.3, 0.4) is 0 Å². The van der Waals surface area contributed by atoms with E-state index in [1.54, 1.807) is 4.57 Å². The highest BCUT2D eigenvalue weighted by molar-refractivity contribution is 5.79. The number of nitrogens with zero attached hydrogens (tertiary/aromatic N) is 3. The van der Waals surface area contributed by atoms with Crippen LogP contribution >= 0.6 is 0 Å². The van der Waals surface area contributed by atoms with Crippen molar-refractivity contribution in [2.45, 2.75) is 53.5 Å². The lowest BCUT2D eigenvalue weighted by Gasteiger charge is -2.34. The number of carbonyl (C=O) groups is 1. The van der Waals surface area contributed by atoms with Gasteiger partial charge in [-0.15, -0.1) is 0 Å². The molecule has 0 N–H and O–H groups in total. The Kier molecular flexibility index (Phi) is 7.26. The molecule has 0 saturated heterocycles. The Morgan fingerprint density at radius 2 is 1.61 bits per heavy atom. The Labute approximate surface area is 184 Å². The van der Waals surface area contributed by atoms with Gasteiger partial charge >= 0.3 is 0 Å². The Bertz CT molecular complexity index is 1090. The summed E-state index contributed by atoms with van der Waals surface area (Å²) in [4.78, 5) is 33.7. The van der Waals surface area contributed by atoms with Crippen LogP contribution in [0.4, 0.5) is 0 Å². The van der Waals surface area contributed by atoms with Crippen LogP contribution in [0.5, 0.6) is 0 Å². The molecule has 0 fully saturated rings. The van der Waals surface area contributed by atoms with Crippen LogP contribution in [0, 0.1) is 11.8 Å². The minimum absolute atomic E-state index is 0.106. The zero-order chi connectivity index (χ0) is 22.5. The summed E-state index contributed by atoms with van der Waals surface area (Å²) in [5.74, 6) is 1.30. The first-order valence-corrected chi connectivity index (χ1v) is 11.2. The standard InChI is InChI=1S/C26H33N3O2/c1-6-23(28(17-19(4)5)24(30)16-18(2)3)25-27-22-15-11-10-14-21(22)26(31)29(25)20-12-8-7-9-13-20/h7-15,18-19,23H,6,16-17H2,1-5H3. The van der Waals surface area contributed by atoms with E-state index in [0.29, 0.717) is 42.0 Å². The summed E-state index contributed by atoms with van der Waals surface area (Å²) in [6, 6.07) is 16.7. The number of hydrogen-bond donors (Lipinski definition) is 0. The van der Waals surface area contributed by atoms with Gasteiger partial charge in [0.05, 0.1) is 22.6 Å². The second-order valence-corrected chi connectivity index (χ2v) is 8.93. The van der Waals surface area contributed by atoms with Crippen molar-refractivity contribution < 1.29 is 4.79 Å². The summed E-state index contributed by atoms with van der Waals surface area (Å²) in [6.07, 6.45) is 1.15. The number of para-hydroxylation sites is 2. The molecule has 164 valence electrons. The summed E-state index contributed by atoms with van der Waals surface area (Å²) < 4.78 is 1.69. The number of carbonyl (C=O) groups excluding carboxylic acids is 1. The van der Waals surface area contributed by atoms with Gasteiger partial charge in [-0.3, -0.25) is 14.2 Å². The number of benzene rings is 2. The number of aromatic nitrogens is 2. The minimum Gasteiger partial charge on any atom is -0.332 e. The van der Waals surface area contributed by atoms with Crippen LogP contribution in [0.15, 0.2) is 59.4 Å². The zero-order valence-corrected chi connectivity index (χ0v) is 19.2. The molecule has 5 heteroatoms. The van der Waals surface area contributed by atoms with Gasteiger partial charge in [0.15, 0.2) is 0 Å². The van der Waals surface area contributed by atoms with Crippen LogP contribution in [-0.2, 0) is 4.79 Å². The molecule has 5 nitrogen and oxygen atoms in total. The van der Waals surface area contributed by atoms with Crippen LogP contribution < -0.4 is 5.56 Å². The topological polar surface area (TPSA) is 55.2 Å². The second-order valence-electron chi connectivity index (χ2n) is 8.93. The molecule has 0 bridgehead atoms. The molecule has 31 heavy (non-hydrogen) atoms. The van der Waals surface area contributed by atoms with E-state index in [9.17, 15) is 9.59 Å². The van der Waals surface area contributed by atoms with E-state index in [1.807, 2.05) is 59.5 Å². The van der Waals surface area contributed by atoms with E-state index < -0.39 is 0 Å². The molecule has 1 aromatic heterocycles. The maximum atomic E-state index is 13.6. The second kappa shape index (κ2) is 9.90. The monoisotopic (exact) mass is 419 g/mol. The van der Waals surface area contributed by atoms with Gasteiger partial charge in [-0.25, -0.2) is 4.98 Å². The Morgan fingerprint density at radius 3 is 2.23 bits per heavy atom. The molecular formula is C26H33N3O2. The van der Waals surface area contributed by atoms with Crippen molar-refractivity contribution in [1.29, 1.82) is 0 Å². The summed E-state index contributed by atoms with van der Waals surface area (Å²) in [5.41, 5.74) is 1.32. The van der Waals surface area contributed by atoms with Gasteiger partial charge in [-0.1, -0.05) is 65.0 Å². The van der Waals surface area contributed by atoms with Gasteiger partial charge < -0.3 is 4.90 Å². The predicted octanol–water partition coefficient (Wildman–Crippen LogP) is 5.37. The lowest BCUT2D eigenvalue weighted by atomic mass is 10.0. The predicted molar refractivity (Wildman–Crippen MR) is 126 cm³/mol. The lowest BCUT2D eigenvalue weighted by molar-refractivity contribution is -0.135. The van der Waals surface area contributed by atoms with Crippen molar-refractivity contribution >= 4 is 16.8 Å². The highest BCUT2D eigenvalue weighted by Gasteiger charge is 2.29. The van der Waals surface area contributed by atoms with Gasteiger partial charge in [0.2, 0.25) is 5.91 Å². The summed E-state index contributed by atoms with van der Waals surface area (Å²) in [6.45, 7) is 11.0. The van der Waals surface area contributed by atoms with Gasteiger partial charge in [0.25, 0.3) is 5.56 Å².